The summed E-state index contributed by atoms with van der Waals surface area (Å²) in [5.41, 5.74) is -1.19. The number of carboxylic acids is 1. The van der Waals surface area contributed by atoms with Crippen LogP contribution in [0.25, 0.3) is 0 Å². The van der Waals surface area contributed by atoms with Gasteiger partial charge in [-0.05, 0) is 11.6 Å². The van der Waals surface area contributed by atoms with E-state index in [0.29, 0.717) is 11.6 Å². The van der Waals surface area contributed by atoms with Gasteiger partial charge in [0, 0.05) is 18.5 Å². The van der Waals surface area contributed by atoms with E-state index in [9.17, 15) is 18.0 Å². The molecule has 5 nitrogen and oxygen atoms in total. The summed E-state index contributed by atoms with van der Waals surface area (Å²) < 4.78 is 38.3. The van der Waals surface area contributed by atoms with Crippen molar-refractivity contribution in [1.82, 2.24) is 14.8 Å². The Hall–Kier alpha value is -2.38. The molecule has 0 radical (unpaired) electrons. The molecule has 2 aromatic rings. The molecule has 100 valence electrons. The molecule has 2 rings (SSSR count). The molecule has 2 aromatic heterocycles. The van der Waals surface area contributed by atoms with E-state index >= 15 is 0 Å². The van der Waals surface area contributed by atoms with Crippen LogP contribution in [-0.4, -0.2) is 25.8 Å². The lowest BCUT2D eigenvalue weighted by Gasteiger charge is -2.04. The van der Waals surface area contributed by atoms with Crippen molar-refractivity contribution in [2.75, 3.05) is 0 Å². The third-order valence-corrected chi connectivity index (χ3v) is 2.34. The van der Waals surface area contributed by atoms with Gasteiger partial charge >= 0.3 is 12.1 Å². The van der Waals surface area contributed by atoms with Crippen molar-refractivity contribution in [1.29, 1.82) is 0 Å². The van der Waals surface area contributed by atoms with Crippen molar-refractivity contribution in [3.63, 3.8) is 0 Å². The van der Waals surface area contributed by atoms with Crippen LogP contribution in [0.15, 0.2) is 30.6 Å². The SMILES string of the molecule is O=C(O)c1cc(C(F)(F)F)nn1Cc1cccnc1. The summed E-state index contributed by atoms with van der Waals surface area (Å²) in [6, 6.07) is 3.73. The van der Waals surface area contributed by atoms with Crippen LogP contribution in [0.3, 0.4) is 0 Å². The van der Waals surface area contributed by atoms with Crippen LogP contribution in [0.5, 0.6) is 0 Å². The average molecular weight is 271 g/mol. The highest BCUT2D eigenvalue weighted by Gasteiger charge is 2.35. The molecule has 0 spiro atoms. The molecule has 0 aliphatic rings. The number of nitrogens with zero attached hydrogens (tertiary/aromatic N) is 3. The van der Waals surface area contributed by atoms with E-state index in [-0.39, 0.29) is 6.54 Å². The molecule has 1 N–H and O–H groups in total. The maximum absolute atomic E-state index is 12.5. The zero-order valence-corrected chi connectivity index (χ0v) is 9.42. The molecule has 0 bridgehead atoms. The molecule has 0 aliphatic heterocycles. The number of carbonyl (C=O) groups is 1. The van der Waals surface area contributed by atoms with E-state index in [4.69, 9.17) is 5.11 Å². The molecular weight excluding hydrogens is 263 g/mol. The van der Waals surface area contributed by atoms with Gasteiger partial charge in [-0.25, -0.2) is 4.79 Å². The molecule has 0 amide bonds. The summed E-state index contributed by atoms with van der Waals surface area (Å²) >= 11 is 0. The molecule has 0 atom stereocenters. The number of alkyl halides is 3. The normalized spacial score (nSPS) is 11.5. The van der Waals surface area contributed by atoms with Crippen molar-refractivity contribution in [3.05, 3.63) is 47.5 Å². The molecule has 0 fully saturated rings. The van der Waals surface area contributed by atoms with Crippen LogP contribution in [-0.2, 0) is 12.7 Å². The average Bonchev–Trinajstić information content (AvgIpc) is 2.74. The zero-order valence-electron chi connectivity index (χ0n) is 9.42. The Morgan fingerprint density at radius 3 is 2.68 bits per heavy atom. The molecule has 8 heteroatoms. The van der Waals surface area contributed by atoms with Crippen LogP contribution < -0.4 is 0 Å². The van der Waals surface area contributed by atoms with Crippen molar-refractivity contribution in [3.8, 4) is 0 Å². The van der Waals surface area contributed by atoms with Crippen molar-refractivity contribution in [2.45, 2.75) is 12.7 Å². The first-order chi connectivity index (χ1) is 8.88. The van der Waals surface area contributed by atoms with Gasteiger partial charge in [0.15, 0.2) is 5.69 Å². The largest absolute Gasteiger partial charge is 0.477 e. The highest BCUT2D eigenvalue weighted by Crippen LogP contribution is 2.28. The van der Waals surface area contributed by atoms with E-state index in [1.165, 1.54) is 12.4 Å². The fourth-order valence-electron chi connectivity index (χ4n) is 1.51. The number of carboxylic acid groups (broad SMARTS) is 1. The van der Waals surface area contributed by atoms with Crippen LogP contribution in [0, 0.1) is 0 Å². The number of aromatic carboxylic acids is 1. The molecular formula is C11H8F3N3O2. The third-order valence-electron chi connectivity index (χ3n) is 2.34. The van der Waals surface area contributed by atoms with Crippen LogP contribution in [0.4, 0.5) is 13.2 Å². The summed E-state index contributed by atoms with van der Waals surface area (Å²) in [4.78, 5) is 14.7. The molecule has 19 heavy (non-hydrogen) atoms. The Morgan fingerprint density at radius 2 is 2.16 bits per heavy atom. The van der Waals surface area contributed by atoms with Gasteiger partial charge in [-0.15, -0.1) is 0 Å². The Bertz CT molecular complexity index is 593. The zero-order chi connectivity index (χ0) is 14.0. The number of hydrogen-bond donors (Lipinski definition) is 1. The van der Waals surface area contributed by atoms with Crippen molar-refractivity contribution >= 4 is 5.97 Å². The minimum absolute atomic E-state index is 0.0917. The lowest BCUT2D eigenvalue weighted by molar-refractivity contribution is -0.141. The number of pyridine rings is 1. The third kappa shape index (κ3) is 2.90. The summed E-state index contributed by atoms with van der Waals surface area (Å²) in [7, 11) is 0. The number of hydrogen-bond acceptors (Lipinski definition) is 3. The smallest absolute Gasteiger partial charge is 0.435 e. The quantitative estimate of drug-likeness (QED) is 0.927. The second-order valence-electron chi connectivity index (χ2n) is 3.74. The van der Waals surface area contributed by atoms with Crippen LogP contribution >= 0.6 is 0 Å². The summed E-state index contributed by atoms with van der Waals surface area (Å²) in [6.07, 6.45) is -1.74. The van der Waals surface area contributed by atoms with Gasteiger partial charge in [-0.3, -0.25) is 9.67 Å². The van der Waals surface area contributed by atoms with Gasteiger partial charge in [-0.1, -0.05) is 6.07 Å². The second kappa shape index (κ2) is 4.71. The molecule has 0 aliphatic carbocycles. The van der Waals surface area contributed by atoms with E-state index in [1.54, 1.807) is 12.1 Å². The van der Waals surface area contributed by atoms with Gasteiger partial charge in [0.2, 0.25) is 0 Å². The predicted molar refractivity (Wildman–Crippen MR) is 57.5 cm³/mol. The second-order valence-corrected chi connectivity index (χ2v) is 3.74. The maximum atomic E-state index is 12.5. The van der Waals surface area contributed by atoms with Crippen LogP contribution in [0.2, 0.25) is 0 Å². The molecule has 0 saturated carbocycles. The van der Waals surface area contributed by atoms with E-state index < -0.39 is 23.5 Å². The van der Waals surface area contributed by atoms with Gasteiger partial charge < -0.3 is 5.11 Å². The first-order valence-corrected chi connectivity index (χ1v) is 5.15. The van der Waals surface area contributed by atoms with Crippen molar-refractivity contribution in [2.24, 2.45) is 0 Å². The molecule has 0 saturated heterocycles. The Labute approximate surface area is 105 Å². The van der Waals surface area contributed by atoms with Gasteiger partial charge in [0.1, 0.15) is 5.69 Å². The summed E-state index contributed by atoms with van der Waals surface area (Å²) in [5, 5.41) is 12.2. The minimum Gasteiger partial charge on any atom is -0.477 e. The van der Waals surface area contributed by atoms with E-state index in [2.05, 4.69) is 10.1 Å². The fraction of sp³-hybridized carbons (Fsp3) is 0.182. The Morgan fingerprint density at radius 1 is 1.42 bits per heavy atom. The van der Waals surface area contributed by atoms with E-state index in [1.807, 2.05) is 0 Å². The monoisotopic (exact) mass is 271 g/mol. The predicted octanol–water partition coefficient (Wildman–Crippen LogP) is 2.04. The van der Waals surface area contributed by atoms with Gasteiger partial charge in [-0.2, -0.15) is 18.3 Å². The lowest BCUT2D eigenvalue weighted by atomic mass is 10.3. The standard InChI is InChI=1S/C11H8F3N3O2/c12-11(13,14)9-4-8(10(18)19)17(16-9)6-7-2-1-3-15-5-7/h1-5H,6H2,(H,18,19). The first kappa shape index (κ1) is 13.1. The molecule has 2 heterocycles. The number of halogens is 3. The number of aromatic nitrogens is 3. The molecule has 0 aromatic carbocycles. The maximum Gasteiger partial charge on any atom is 0.435 e. The summed E-state index contributed by atoms with van der Waals surface area (Å²) in [6.45, 7) is -0.0917. The highest BCUT2D eigenvalue weighted by molar-refractivity contribution is 5.85. The minimum atomic E-state index is -4.68. The van der Waals surface area contributed by atoms with Gasteiger partial charge in [0.05, 0.1) is 6.54 Å². The summed E-state index contributed by atoms with van der Waals surface area (Å²) in [5.74, 6) is -1.47. The lowest BCUT2D eigenvalue weighted by Crippen LogP contribution is -2.12. The Kier molecular flexibility index (Phi) is 3.24. The topological polar surface area (TPSA) is 68.0 Å². The van der Waals surface area contributed by atoms with Gasteiger partial charge in [0.25, 0.3) is 0 Å². The van der Waals surface area contributed by atoms with E-state index in [0.717, 1.165) is 4.68 Å². The fourth-order valence-corrected chi connectivity index (χ4v) is 1.51. The highest BCUT2D eigenvalue weighted by atomic mass is 19.4. The first-order valence-electron chi connectivity index (χ1n) is 5.15. The number of rotatable bonds is 3. The van der Waals surface area contributed by atoms with Crippen LogP contribution in [0.1, 0.15) is 21.7 Å². The Balaban J connectivity index is 2.39. The molecule has 0 unspecified atom stereocenters. The van der Waals surface area contributed by atoms with Crippen molar-refractivity contribution < 1.29 is 23.1 Å².